The molecule has 0 spiro atoms. The number of alkyl halides is 1. The fourth-order valence-electron chi connectivity index (χ4n) is 0.108. The smallest absolute Gasteiger partial charge is 0.210 e. The van der Waals surface area contributed by atoms with E-state index >= 15 is 0 Å². The highest BCUT2D eigenvalue weighted by atomic mass is 35.5. The van der Waals surface area contributed by atoms with Gasteiger partial charge in [0.2, 0.25) is 10.0 Å². The van der Waals surface area contributed by atoms with Crippen LogP contribution in [0.4, 0.5) is 0 Å². The molecule has 0 heterocycles. The Hall–Kier alpha value is 0.200. The average molecular weight is 144 g/mol. The van der Waals surface area contributed by atoms with Gasteiger partial charge in [0.1, 0.15) is 0 Å². The van der Waals surface area contributed by atoms with E-state index in [0.717, 1.165) is 0 Å². The first-order valence-electron chi connectivity index (χ1n) is 1.62. The first-order valence-corrected chi connectivity index (χ1v) is 3.87. The molecular formula is C2H6ClNO2S. The Labute approximate surface area is 47.5 Å². The van der Waals surface area contributed by atoms with Crippen LogP contribution in [0.5, 0.6) is 0 Å². The molecule has 0 fully saturated rings. The maximum Gasteiger partial charge on any atom is 0.210 e. The number of nitrogens with two attached hydrogens (primary N) is 1. The van der Waals surface area contributed by atoms with Crippen molar-refractivity contribution in [1.82, 2.24) is 0 Å². The maximum absolute atomic E-state index is 9.92. The van der Waals surface area contributed by atoms with E-state index in [1.165, 1.54) is 0 Å². The second-order valence-electron chi connectivity index (χ2n) is 1.06. The molecule has 0 aliphatic heterocycles. The number of hydrogen-bond donors (Lipinski definition) is 1. The van der Waals surface area contributed by atoms with Crippen LogP contribution in [-0.4, -0.2) is 20.1 Å². The summed E-state index contributed by atoms with van der Waals surface area (Å²) in [7, 11) is -3.31. The van der Waals surface area contributed by atoms with Crippen LogP contribution in [0.25, 0.3) is 0 Å². The molecule has 0 amide bonds. The van der Waals surface area contributed by atoms with E-state index in [-0.39, 0.29) is 11.6 Å². The van der Waals surface area contributed by atoms with Gasteiger partial charge in [0.25, 0.3) is 0 Å². The highest BCUT2D eigenvalue weighted by Gasteiger charge is 1.97. The van der Waals surface area contributed by atoms with Crippen LogP contribution in [0.2, 0.25) is 0 Å². The molecule has 0 rings (SSSR count). The predicted octanol–water partition coefficient (Wildman–Crippen LogP) is -0.486. The maximum atomic E-state index is 9.92. The highest BCUT2D eigenvalue weighted by Crippen LogP contribution is 1.78. The molecule has 0 saturated carbocycles. The number of sulfonamides is 1. The van der Waals surface area contributed by atoms with Gasteiger partial charge in [-0.05, 0) is 0 Å². The van der Waals surface area contributed by atoms with Crippen LogP contribution in [0, 0.1) is 0 Å². The minimum atomic E-state index is -3.31. The summed E-state index contributed by atoms with van der Waals surface area (Å²) in [5.41, 5.74) is 0. The van der Waals surface area contributed by atoms with E-state index in [9.17, 15) is 8.42 Å². The Balaban J connectivity index is 3.60. The lowest BCUT2D eigenvalue weighted by molar-refractivity contribution is 0.599. The third-order valence-electron chi connectivity index (χ3n) is 0.362. The summed E-state index contributed by atoms with van der Waals surface area (Å²) in [6, 6.07) is 0. The van der Waals surface area contributed by atoms with Gasteiger partial charge in [0.05, 0.1) is 5.75 Å². The van der Waals surface area contributed by atoms with Crippen molar-refractivity contribution in [2.45, 2.75) is 0 Å². The summed E-state index contributed by atoms with van der Waals surface area (Å²) < 4.78 is 19.8. The summed E-state index contributed by atoms with van der Waals surface area (Å²) in [4.78, 5) is 0. The van der Waals surface area contributed by atoms with Crippen molar-refractivity contribution in [2.24, 2.45) is 5.14 Å². The predicted molar refractivity (Wildman–Crippen MR) is 28.7 cm³/mol. The summed E-state index contributed by atoms with van der Waals surface area (Å²) in [6.45, 7) is 0. The first-order chi connectivity index (χ1) is 3.06. The molecule has 0 aliphatic carbocycles. The SMILES string of the molecule is NS(=O)(=O)CCCl. The summed E-state index contributed by atoms with van der Waals surface area (Å²) in [6.07, 6.45) is 0. The molecule has 0 aromatic heterocycles. The lowest BCUT2D eigenvalue weighted by atomic mass is 11.0. The van der Waals surface area contributed by atoms with Crippen molar-refractivity contribution < 1.29 is 8.42 Å². The van der Waals surface area contributed by atoms with E-state index < -0.39 is 10.0 Å². The second kappa shape index (κ2) is 2.49. The molecule has 0 aromatic carbocycles. The lowest BCUT2D eigenvalue weighted by Gasteiger charge is -1.86. The molecule has 0 aromatic rings. The van der Waals surface area contributed by atoms with Gasteiger partial charge in [-0.3, -0.25) is 0 Å². The molecule has 0 unspecified atom stereocenters. The number of hydrogen-bond acceptors (Lipinski definition) is 2. The molecule has 0 radical (unpaired) electrons. The van der Waals surface area contributed by atoms with Crippen LogP contribution in [-0.2, 0) is 10.0 Å². The molecule has 44 valence electrons. The molecule has 0 atom stereocenters. The topological polar surface area (TPSA) is 60.2 Å². The van der Waals surface area contributed by atoms with Crippen molar-refractivity contribution in [3.05, 3.63) is 0 Å². The summed E-state index contributed by atoms with van der Waals surface area (Å²) >= 11 is 5.03. The Bertz CT molecular complexity index is 129. The Morgan fingerprint density at radius 3 is 2.00 bits per heavy atom. The first kappa shape index (κ1) is 7.20. The van der Waals surface area contributed by atoms with Crippen LogP contribution in [0.15, 0.2) is 0 Å². The highest BCUT2D eigenvalue weighted by molar-refractivity contribution is 7.89. The van der Waals surface area contributed by atoms with Gasteiger partial charge in [0, 0.05) is 5.88 Å². The van der Waals surface area contributed by atoms with E-state index in [1.807, 2.05) is 0 Å². The molecule has 3 nitrogen and oxygen atoms in total. The van der Waals surface area contributed by atoms with Gasteiger partial charge in [-0.15, -0.1) is 11.6 Å². The molecule has 0 saturated heterocycles. The zero-order valence-electron chi connectivity index (χ0n) is 3.59. The Morgan fingerprint density at radius 1 is 1.57 bits per heavy atom. The average Bonchev–Trinajstić information content (AvgIpc) is 1.30. The zero-order valence-corrected chi connectivity index (χ0v) is 5.17. The Kier molecular flexibility index (Phi) is 2.56. The minimum absolute atomic E-state index is 0.0683. The van der Waals surface area contributed by atoms with E-state index in [4.69, 9.17) is 11.6 Å². The second-order valence-corrected chi connectivity index (χ2v) is 3.17. The van der Waals surface area contributed by atoms with Crippen LogP contribution >= 0.6 is 11.6 Å². The summed E-state index contributed by atoms with van der Waals surface area (Å²) in [5.74, 6) is -0.0760. The lowest BCUT2D eigenvalue weighted by Crippen LogP contribution is -2.16. The van der Waals surface area contributed by atoms with Gasteiger partial charge in [-0.1, -0.05) is 0 Å². The van der Waals surface area contributed by atoms with Crippen molar-refractivity contribution in [1.29, 1.82) is 0 Å². The van der Waals surface area contributed by atoms with E-state index in [0.29, 0.717) is 0 Å². The van der Waals surface area contributed by atoms with Crippen molar-refractivity contribution in [2.75, 3.05) is 11.6 Å². The Morgan fingerprint density at radius 2 is 2.00 bits per heavy atom. The number of halogens is 1. The van der Waals surface area contributed by atoms with Gasteiger partial charge in [0.15, 0.2) is 0 Å². The van der Waals surface area contributed by atoms with Crippen molar-refractivity contribution in [3.8, 4) is 0 Å². The molecule has 0 bridgehead atoms. The quantitative estimate of drug-likeness (QED) is 0.531. The van der Waals surface area contributed by atoms with Gasteiger partial charge >= 0.3 is 0 Å². The fraction of sp³-hybridized carbons (Fsp3) is 1.00. The molecule has 5 heteroatoms. The third kappa shape index (κ3) is 6.20. The molecule has 2 N–H and O–H groups in total. The normalized spacial score (nSPS) is 11.7. The minimum Gasteiger partial charge on any atom is -0.229 e. The van der Waals surface area contributed by atoms with Crippen LogP contribution < -0.4 is 5.14 Å². The molecular weight excluding hydrogens is 138 g/mol. The fourth-order valence-corrected chi connectivity index (χ4v) is 0.968. The summed E-state index contributed by atoms with van der Waals surface area (Å²) in [5, 5.41) is 4.53. The van der Waals surface area contributed by atoms with Gasteiger partial charge in [-0.2, -0.15) is 0 Å². The monoisotopic (exact) mass is 143 g/mol. The standard InChI is InChI=1S/C2H6ClNO2S/c3-1-2-7(4,5)6/h1-2H2,(H2,4,5,6). The van der Waals surface area contributed by atoms with Gasteiger partial charge in [-0.25, -0.2) is 13.6 Å². The largest absolute Gasteiger partial charge is 0.229 e. The van der Waals surface area contributed by atoms with Crippen LogP contribution in [0.1, 0.15) is 0 Å². The van der Waals surface area contributed by atoms with E-state index in [2.05, 4.69) is 5.14 Å². The third-order valence-corrected chi connectivity index (χ3v) is 1.55. The van der Waals surface area contributed by atoms with Crippen molar-refractivity contribution in [3.63, 3.8) is 0 Å². The van der Waals surface area contributed by atoms with E-state index in [1.54, 1.807) is 0 Å². The number of rotatable bonds is 2. The van der Waals surface area contributed by atoms with Gasteiger partial charge < -0.3 is 0 Å². The van der Waals surface area contributed by atoms with Crippen LogP contribution in [0.3, 0.4) is 0 Å². The molecule has 7 heavy (non-hydrogen) atoms. The molecule has 0 aliphatic rings. The zero-order chi connectivity index (χ0) is 5.91. The van der Waals surface area contributed by atoms with Crippen molar-refractivity contribution >= 4 is 21.6 Å². The number of primary sulfonamides is 1.